The molecule has 1 aliphatic heterocycles. The molecule has 0 spiro atoms. The zero-order valence-electron chi connectivity index (χ0n) is 17.7. The van der Waals surface area contributed by atoms with Crippen molar-refractivity contribution in [1.29, 1.82) is 0 Å². The summed E-state index contributed by atoms with van der Waals surface area (Å²) in [6.07, 6.45) is 2.39. The van der Waals surface area contributed by atoms with Crippen LogP contribution in [-0.2, 0) is 21.4 Å². The van der Waals surface area contributed by atoms with Gasteiger partial charge in [-0.3, -0.25) is 9.69 Å². The molecule has 0 radical (unpaired) electrons. The Morgan fingerprint density at radius 1 is 1.10 bits per heavy atom. The van der Waals surface area contributed by atoms with Crippen molar-refractivity contribution in [2.24, 2.45) is 0 Å². The van der Waals surface area contributed by atoms with Gasteiger partial charge in [-0.1, -0.05) is 19.1 Å². The molecule has 1 aromatic rings. The highest BCUT2D eigenvalue weighted by Gasteiger charge is 2.23. The number of nitrogens with zero attached hydrogens (tertiary/aromatic N) is 2. The Balaban J connectivity index is 1.91. The van der Waals surface area contributed by atoms with Crippen LogP contribution in [0.4, 0.5) is 5.69 Å². The number of amides is 1. The van der Waals surface area contributed by atoms with E-state index in [2.05, 4.69) is 26.8 Å². The van der Waals surface area contributed by atoms with Crippen molar-refractivity contribution >= 4 is 33.4 Å². The Kier molecular flexibility index (Phi) is 9.91. The van der Waals surface area contributed by atoms with Crippen LogP contribution in [0.15, 0.2) is 24.3 Å². The van der Waals surface area contributed by atoms with Crippen LogP contribution in [0.3, 0.4) is 0 Å². The molecule has 1 atom stereocenters. The molecule has 1 unspecified atom stereocenters. The van der Waals surface area contributed by atoms with Gasteiger partial charge in [0.2, 0.25) is 15.9 Å². The number of nitrogens with one attached hydrogen (secondary N) is 2. The van der Waals surface area contributed by atoms with Crippen molar-refractivity contribution in [1.82, 2.24) is 14.5 Å². The van der Waals surface area contributed by atoms with E-state index in [-0.39, 0.29) is 11.7 Å². The quantitative estimate of drug-likeness (QED) is 0.544. The molecular weight excluding hydrogens is 408 g/mol. The lowest BCUT2D eigenvalue weighted by molar-refractivity contribution is -0.117. The maximum atomic E-state index is 12.6. The van der Waals surface area contributed by atoms with Gasteiger partial charge in [0, 0.05) is 38.4 Å². The molecule has 164 valence electrons. The van der Waals surface area contributed by atoms with Crippen LogP contribution in [-0.4, -0.2) is 80.7 Å². The first-order chi connectivity index (χ1) is 13.9. The van der Waals surface area contributed by atoms with E-state index in [0.717, 1.165) is 39.3 Å². The third-order valence-electron chi connectivity index (χ3n) is 5.17. The van der Waals surface area contributed by atoms with Gasteiger partial charge in [0.1, 0.15) is 6.04 Å². The van der Waals surface area contributed by atoms with Crippen LogP contribution in [0.1, 0.15) is 25.8 Å². The van der Waals surface area contributed by atoms with E-state index in [9.17, 15) is 13.2 Å². The van der Waals surface area contributed by atoms with Crippen LogP contribution in [0.2, 0.25) is 0 Å². The maximum absolute atomic E-state index is 12.6. The molecule has 0 bridgehead atoms. The lowest BCUT2D eigenvalue weighted by Gasteiger charge is -2.34. The van der Waals surface area contributed by atoms with Crippen molar-refractivity contribution in [3.05, 3.63) is 29.8 Å². The van der Waals surface area contributed by atoms with Gasteiger partial charge in [0.25, 0.3) is 0 Å². The third kappa shape index (κ3) is 8.25. The van der Waals surface area contributed by atoms with E-state index in [1.165, 1.54) is 5.56 Å². The van der Waals surface area contributed by atoms with Crippen molar-refractivity contribution in [3.8, 4) is 0 Å². The van der Waals surface area contributed by atoms with Crippen LogP contribution in [0, 0.1) is 0 Å². The summed E-state index contributed by atoms with van der Waals surface area (Å²) < 4.78 is 26.3. The Morgan fingerprint density at radius 3 is 2.28 bits per heavy atom. The smallest absolute Gasteiger partial charge is 0.242 e. The summed E-state index contributed by atoms with van der Waals surface area (Å²) in [6, 6.07) is 7.05. The summed E-state index contributed by atoms with van der Waals surface area (Å²) in [6.45, 7) is 10.1. The van der Waals surface area contributed by atoms with Crippen molar-refractivity contribution < 1.29 is 13.2 Å². The van der Waals surface area contributed by atoms with E-state index >= 15 is 0 Å². The van der Waals surface area contributed by atoms with Gasteiger partial charge in [0.05, 0.1) is 5.75 Å². The molecule has 0 saturated carbocycles. The third-order valence-corrected chi connectivity index (χ3v) is 7.22. The Bertz CT molecular complexity index is 733. The minimum atomic E-state index is -3.44. The molecule has 0 aromatic heterocycles. The number of likely N-dealkylation sites (N-methyl/N-ethyl adjacent to an activating group) is 1. The first-order valence-corrected chi connectivity index (χ1v) is 13.2. The highest BCUT2D eigenvalue weighted by molar-refractivity contribution is 7.98. The van der Waals surface area contributed by atoms with Crippen LogP contribution >= 0.6 is 11.8 Å². The molecule has 1 amide bonds. The monoisotopic (exact) mass is 442 g/mol. The van der Waals surface area contributed by atoms with Crippen LogP contribution in [0.25, 0.3) is 0 Å². The number of rotatable bonds is 11. The molecule has 1 fully saturated rings. The van der Waals surface area contributed by atoms with Gasteiger partial charge in [-0.2, -0.15) is 11.8 Å². The molecule has 1 saturated heterocycles. The summed E-state index contributed by atoms with van der Waals surface area (Å²) in [7, 11) is -3.44. The van der Waals surface area contributed by atoms with E-state index < -0.39 is 16.1 Å². The predicted molar refractivity (Wildman–Crippen MR) is 122 cm³/mol. The lowest BCUT2D eigenvalue weighted by Crippen LogP contribution is -2.45. The lowest BCUT2D eigenvalue weighted by atomic mass is 10.1. The van der Waals surface area contributed by atoms with E-state index in [1.807, 2.05) is 30.5 Å². The summed E-state index contributed by atoms with van der Waals surface area (Å²) in [4.78, 5) is 17.5. The number of piperazine rings is 1. The summed E-state index contributed by atoms with van der Waals surface area (Å²) in [5.41, 5.74) is 1.89. The highest BCUT2D eigenvalue weighted by atomic mass is 32.2. The largest absolute Gasteiger partial charge is 0.325 e. The number of hydrogen-bond donors (Lipinski definition) is 2. The normalized spacial score (nSPS) is 17.2. The summed E-state index contributed by atoms with van der Waals surface area (Å²) in [5, 5.41) is 2.85. The van der Waals surface area contributed by atoms with Gasteiger partial charge in [0.15, 0.2) is 0 Å². The number of sulfonamides is 1. The predicted octanol–water partition coefficient (Wildman–Crippen LogP) is 1.82. The molecule has 2 N–H and O–H groups in total. The fourth-order valence-electron chi connectivity index (χ4n) is 3.22. The van der Waals surface area contributed by atoms with Gasteiger partial charge >= 0.3 is 0 Å². The van der Waals surface area contributed by atoms with Gasteiger partial charge < -0.3 is 10.2 Å². The van der Waals surface area contributed by atoms with Gasteiger partial charge in [-0.05, 0) is 49.6 Å². The van der Waals surface area contributed by atoms with Crippen LogP contribution < -0.4 is 10.0 Å². The average molecular weight is 443 g/mol. The van der Waals surface area contributed by atoms with Gasteiger partial charge in [-0.15, -0.1) is 0 Å². The second kappa shape index (κ2) is 11.9. The molecule has 7 nitrogen and oxygen atoms in total. The van der Waals surface area contributed by atoms with E-state index in [1.54, 1.807) is 18.7 Å². The van der Waals surface area contributed by atoms with Crippen molar-refractivity contribution in [2.45, 2.75) is 32.9 Å². The Morgan fingerprint density at radius 2 is 1.72 bits per heavy atom. The standard InChI is InChI=1S/C20H34N4O3S2/c1-4-23-11-13-24(14-12-23)16-17-6-8-18(9-7-17)21-20(25)19(10-15-28-3)22-29(26,27)5-2/h6-9,19,22H,4-5,10-16H2,1-3H3,(H,21,25). The zero-order chi connectivity index (χ0) is 21.3. The number of anilines is 1. The topological polar surface area (TPSA) is 81.8 Å². The Hall–Kier alpha value is -1.13. The van der Waals surface area contributed by atoms with E-state index in [4.69, 9.17) is 0 Å². The van der Waals surface area contributed by atoms with Crippen LogP contribution in [0.5, 0.6) is 0 Å². The zero-order valence-corrected chi connectivity index (χ0v) is 19.3. The second-order valence-electron chi connectivity index (χ2n) is 7.25. The van der Waals surface area contributed by atoms with E-state index in [0.29, 0.717) is 17.9 Å². The summed E-state index contributed by atoms with van der Waals surface area (Å²) in [5.74, 6) is 0.339. The number of thioether (sulfide) groups is 1. The Labute approximate surface area is 179 Å². The number of hydrogen-bond acceptors (Lipinski definition) is 6. The molecule has 9 heteroatoms. The fourth-order valence-corrected chi connectivity index (χ4v) is 4.52. The molecular formula is C20H34N4O3S2. The number of benzene rings is 1. The molecule has 2 rings (SSSR count). The molecule has 1 aliphatic rings. The fraction of sp³-hybridized carbons (Fsp3) is 0.650. The molecule has 1 heterocycles. The molecule has 0 aliphatic carbocycles. The molecule has 1 aromatic carbocycles. The minimum Gasteiger partial charge on any atom is -0.325 e. The number of carbonyl (C=O) groups excluding carboxylic acids is 1. The van der Waals surface area contributed by atoms with Crippen molar-refractivity contribution in [3.63, 3.8) is 0 Å². The van der Waals surface area contributed by atoms with Gasteiger partial charge in [-0.25, -0.2) is 13.1 Å². The maximum Gasteiger partial charge on any atom is 0.242 e. The average Bonchev–Trinajstić information content (AvgIpc) is 2.73. The first kappa shape index (κ1) is 24.1. The minimum absolute atomic E-state index is 0.0444. The highest BCUT2D eigenvalue weighted by Crippen LogP contribution is 2.14. The SMILES string of the molecule is CCN1CCN(Cc2ccc(NC(=O)C(CCSC)NS(=O)(=O)CC)cc2)CC1. The summed E-state index contributed by atoms with van der Waals surface area (Å²) >= 11 is 1.58. The first-order valence-electron chi connectivity index (χ1n) is 10.2. The number of carbonyl (C=O) groups is 1. The second-order valence-corrected chi connectivity index (χ2v) is 10.3. The molecule has 29 heavy (non-hydrogen) atoms. The van der Waals surface area contributed by atoms with Crippen molar-refractivity contribution in [2.75, 3.05) is 55.8 Å².